The molecule has 27 heavy (non-hydrogen) atoms. The molecule has 3 N–H and O–H groups in total. The third kappa shape index (κ3) is 3.20. The van der Waals surface area contributed by atoms with Crippen molar-refractivity contribution in [3.63, 3.8) is 0 Å². The molecule has 1 amide bonds. The van der Waals surface area contributed by atoms with Crippen LogP contribution in [-0.2, 0) is 4.79 Å². The molecule has 0 aliphatic rings. The van der Waals surface area contributed by atoms with Crippen LogP contribution in [0.3, 0.4) is 0 Å². The molecule has 0 saturated heterocycles. The number of rotatable bonds is 3. The number of carbonyl (C=O) groups excluding carboxylic acids is 1. The van der Waals surface area contributed by atoms with E-state index in [2.05, 4.69) is 25.5 Å². The number of nitrogens with one attached hydrogen (secondary N) is 2. The van der Waals surface area contributed by atoms with Crippen molar-refractivity contribution in [3.8, 4) is 28.4 Å². The Hall–Kier alpha value is -3.45. The summed E-state index contributed by atoms with van der Waals surface area (Å²) in [5, 5.41) is 20.9. The second-order valence-corrected chi connectivity index (χ2v) is 6.34. The zero-order valence-corrected chi connectivity index (χ0v) is 14.9. The number of anilines is 1. The average Bonchev–Trinajstić information content (AvgIpc) is 3.13. The average molecular weight is 380 g/mol. The van der Waals surface area contributed by atoms with E-state index >= 15 is 0 Å². The molecule has 2 aromatic carbocycles. The minimum absolute atomic E-state index is 0.000546. The highest BCUT2D eigenvalue weighted by Gasteiger charge is 2.18. The molecule has 4 rings (SSSR count). The lowest BCUT2D eigenvalue weighted by molar-refractivity contribution is -0.114. The SMILES string of the molecule is CC(=O)Nc1nc(-c2ccccc2)c(-c2cc(Cl)c3[nH]ncc3c2)nc1O. The third-order valence-electron chi connectivity index (χ3n) is 3.99. The number of carbonyl (C=O) groups is 1. The van der Waals surface area contributed by atoms with Crippen molar-refractivity contribution < 1.29 is 9.90 Å². The van der Waals surface area contributed by atoms with Gasteiger partial charge >= 0.3 is 0 Å². The predicted octanol–water partition coefficient (Wildman–Crippen LogP) is 4.00. The minimum atomic E-state index is -0.372. The summed E-state index contributed by atoms with van der Waals surface area (Å²) in [6.07, 6.45) is 1.66. The molecule has 0 bridgehead atoms. The Balaban J connectivity index is 1.97. The smallest absolute Gasteiger partial charge is 0.256 e. The summed E-state index contributed by atoms with van der Waals surface area (Å²) in [4.78, 5) is 20.2. The molecular weight excluding hydrogens is 366 g/mol. The van der Waals surface area contributed by atoms with Gasteiger partial charge in [-0.25, -0.2) is 9.97 Å². The fourth-order valence-corrected chi connectivity index (χ4v) is 3.10. The van der Waals surface area contributed by atoms with Crippen molar-refractivity contribution in [1.29, 1.82) is 0 Å². The van der Waals surface area contributed by atoms with Gasteiger partial charge in [0, 0.05) is 23.4 Å². The van der Waals surface area contributed by atoms with Gasteiger partial charge < -0.3 is 10.4 Å². The van der Waals surface area contributed by atoms with E-state index in [1.165, 1.54) is 6.92 Å². The number of H-pyrrole nitrogens is 1. The monoisotopic (exact) mass is 379 g/mol. The Kier molecular flexibility index (Phi) is 4.21. The Morgan fingerprint density at radius 2 is 1.85 bits per heavy atom. The van der Waals surface area contributed by atoms with Crippen LogP contribution in [-0.4, -0.2) is 31.2 Å². The zero-order valence-electron chi connectivity index (χ0n) is 14.2. The number of fused-ring (bicyclic) bond motifs is 1. The lowest BCUT2D eigenvalue weighted by atomic mass is 10.0. The quantitative estimate of drug-likeness (QED) is 0.499. The first-order valence-corrected chi connectivity index (χ1v) is 8.47. The van der Waals surface area contributed by atoms with Gasteiger partial charge in [-0.1, -0.05) is 41.9 Å². The second-order valence-electron chi connectivity index (χ2n) is 5.93. The summed E-state index contributed by atoms with van der Waals surface area (Å²) in [6.45, 7) is 1.34. The van der Waals surface area contributed by atoms with Gasteiger partial charge in [-0.2, -0.15) is 5.10 Å². The second kappa shape index (κ2) is 6.69. The van der Waals surface area contributed by atoms with E-state index in [4.69, 9.17) is 11.6 Å². The zero-order chi connectivity index (χ0) is 19.0. The molecule has 134 valence electrons. The van der Waals surface area contributed by atoms with Gasteiger partial charge in [0.05, 0.1) is 22.4 Å². The number of aromatic hydroxyl groups is 1. The van der Waals surface area contributed by atoms with Gasteiger partial charge in [-0.3, -0.25) is 9.89 Å². The maximum Gasteiger partial charge on any atom is 0.256 e. The van der Waals surface area contributed by atoms with Crippen LogP contribution in [0.4, 0.5) is 5.82 Å². The summed E-state index contributed by atoms with van der Waals surface area (Å²) in [6, 6.07) is 13.0. The van der Waals surface area contributed by atoms with E-state index in [-0.39, 0.29) is 17.6 Å². The normalized spacial score (nSPS) is 10.9. The van der Waals surface area contributed by atoms with Crippen LogP contribution in [0.5, 0.6) is 5.88 Å². The summed E-state index contributed by atoms with van der Waals surface area (Å²) in [5.74, 6) is -0.724. The fraction of sp³-hybridized carbons (Fsp3) is 0.0526. The molecule has 2 heterocycles. The number of aromatic nitrogens is 4. The number of nitrogens with zero attached hydrogens (tertiary/aromatic N) is 3. The molecule has 0 radical (unpaired) electrons. The lowest BCUT2D eigenvalue weighted by Gasteiger charge is -2.13. The summed E-state index contributed by atoms with van der Waals surface area (Å²) in [5.41, 5.74) is 3.13. The predicted molar refractivity (Wildman–Crippen MR) is 104 cm³/mol. The van der Waals surface area contributed by atoms with E-state index in [0.717, 1.165) is 10.9 Å². The van der Waals surface area contributed by atoms with Crippen LogP contribution in [0, 0.1) is 0 Å². The Morgan fingerprint density at radius 1 is 1.11 bits per heavy atom. The van der Waals surface area contributed by atoms with Crippen molar-refractivity contribution in [3.05, 3.63) is 53.7 Å². The van der Waals surface area contributed by atoms with Crippen LogP contribution in [0.25, 0.3) is 33.4 Å². The van der Waals surface area contributed by atoms with E-state index in [0.29, 0.717) is 27.5 Å². The van der Waals surface area contributed by atoms with E-state index in [1.807, 2.05) is 36.4 Å². The highest BCUT2D eigenvalue weighted by molar-refractivity contribution is 6.35. The van der Waals surface area contributed by atoms with Crippen LogP contribution < -0.4 is 5.32 Å². The molecule has 0 fully saturated rings. The third-order valence-corrected chi connectivity index (χ3v) is 4.29. The van der Waals surface area contributed by atoms with Crippen molar-refractivity contribution >= 4 is 34.2 Å². The molecule has 0 atom stereocenters. The first-order chi connectivity index (χ1) is 13.0. The molecule has 0 aliphatic heterocycles. The Labute approximate surface area is 159 Å². The highest BCUT2D eigenvalue weighted by Crippen LogP contribution is 2.36. The maximum atomic E-state index is 11.4. The molecule has 0 spiro atoms. The molecule has 7 nitrogen and oxygen atoms in total. The number of amides is 1. The number of benzene rings is 2. The molecular formula is C19H14ClN5O2. The first kappa shape index (κ1) is 17.0. The topological polar surface area (TPSA) is 104 Å². The van der Waals surface area contributed by atoms with E-state index in [9.17, 15) is 9.90 Å². The first-order valence-electron chi connectivity index (χ1n) is 8.10. The van der Waals surface area contributed by atoms with Crippen molar-refractivity contribution in [2.45, 2.75) is 6.92 Å². The van der Waals surface area contributed by atoms with Gasteiger partial charge in [0.15, 0.2) is 5.82 Å². The van der Waals surface area contributed by atoms with Crippen LogP contribution in [0.1, 0.15) is 6.92 Å². The van der Waals surface area contributed by atoms with Crippen LogP contribution >= 0.6 is 11.6 Å². The van der Waals surface area contributed by atoms with Crippen molar-refractivity contribution in [2.24, 2.45) is 0 Å². The largest absolute Gasteiger partial charge is 0.491 e. The highest BCUT2D eigenvalue weighted by atomic mass is 35.5. The molecule has 0 saturated carbocycles. The van der Waals surface area contributed by atoms with Gasteiger partial charge in [-0.05, 0) is 12.1 Å². The van der Waals surface area contributed by atoms with Crippen molar-refractivity contribution in [1.82, 2.24) is 20.2 Å². The number of hydrogen-bond acceptors (Lipinski definition) is 5. The van der Waals surface area contributed by atoms with Crippen LogP contribution in [0.2, 0.25) is 5.02 Å². The standard InChI is InChI=1S/C19H14ClN5O2/c1-10(26)22-18-19(27)24-17(16(23-18)11-5-3-2-4-6-11)12-7-13-9-21-25-15(13)14(20)8-12/h2-9H,1H3,(H,21,25)(H,24,27)(H,22,23,26). The Bertz CT molecular complexity index is 1160. The van der Waals surface area contributed by atoms with E-state index < -0.39 is 0 Å². The van der Waals surface area contributed by atoms with Crippen LogP contribution in [0.15, 0.2) is 48.7 Å². The fourth-order valence-electron chi connectivity index (χ4n) is 2.83. The summed E-state index contributed by atoms with van der Waals surface area (Å²) < 4.78 is 0. The lowest BCUT2D eigenvalue weighted by Crippen LogP contribution is -2.09. The summed E-state index contributed by atoms with van der Waals surface area (Å²) >= 11 is 6.35. The maximum absolute atomic E-state index is 11.4. The van der Waals surface area contributed by atoms with Gasteiger partial charge in [0.2, 0.25) is 5.91 Å². The van der Waals surface area contributed by atoms with Gasteiger partial charge in [-0.15, -0.1) is 0 Å². The number of hydrogen-bond donors (Lipinski definition) is 3. The van der Waals surface area contributed by atoms with Gasteiger partial charge in [0.1, 0.15) is 5.69 Å². The van der Waals surface area contributed by atoms with E-state index in [1.54, 1.807) is 12.3 Å². The molecule has 0 aliphatic carbocycles. The Morgan fingerprint density at radius 3 is 2.59 bits per heavy atom. The van der Waals surface area contributed by atoms with Gasteiger partial charge in [0.25, 0.3) is 5.88 Å². The molecule has 2 aromatic heterocycles. The minimum Gasteiger partial charge on any atom is -0.491 e. The molecule has 0 unspecified atom stereocenters. The molecule has 8 heteroatoms. The number of halogens is 1. The summed E-state index contributed by atoms with van der Waals surface area (Å²) in [7, 11) is 0. The van der Waals surface area contributed by atoms with Crippen molar-refractivity contribution in [2.75, 3.05) is 5.32 Å². The number of aromatic amines is 1. The molecule has 4 aromatic rings.